The summed E-state index contributed by atoms with van der Waals surface area (Å²) in [5.74, 6) is 0.376. The van der Waals surface area contributed by atoms with E-state index in [-0.39, 0.29) is 0 Å². The number of halogens is 2. The van der Waals surface area contributed by atoms with E-state index in [1.807, 2.05) is 11.8 Å². The van der Waals surface area contributed by atoms with Crippen molar-refractivity contribution < 1.29 is 13.9 Å². The molecular weight excluding hydrogens is 228 g/mol. The van der Waals surface area contributed by atoms with Gasteiger partial charge < -0.3 is 5.11 Å². The van der Waals surface area contributed by atoms with E-state index >= 15 is 0 Å². The Morgan fingerprint density at radius 2 is 2.12 bits per heavy atom. The zero-order valence-corrected chi connectivity index (χ0v) is 9.81. The number of likely N-dealkylation sites (tertiary alicyclic amines) is 1. The number of hydrogen-bond acceptors (Lipinski definition) is 3. The van der Waals surface area contributed by atoms with Gasteiger partial charge in [-0.2, -0.15) is 8.78 Å². The fourth-order valence-electron chi connectivity index (χ4n) is 2.04. The molecule has 0 amide bonds. The normalized spacial score (nSPS) is 21.0. The number of aromatic nitrogens is 2. The van der Waals surface area contributed by atoms with Crippen molar-refractivity contribution in [2.75, 3.05) is 13.1 Å². The van der Waals surface area contributed by atoms with Gasteiger partial charge in [0.05, 0.1) is 12.1 Å². The van der Waals surface area contributed by atoms with E-state index in [4.69, 9.17) is 0 Å². The number of aliphatic hydroxyl groups is 1. The summed E-state index contributed by atoms with van der Waals surface area (Å²) in [5.41, 5.74) is -0.616. The van der Waals surface area contributed by atoms with Crippen molar-refractivity contribution in [1.82, 2.24) is 14.5 Å². The lowest BCUT2D eigenvalue weighted by Crippen LogP contribution is -2.42. The first-order valence-corrected chi connectivity index (χ1v) is 5.72. The van der Waals surface area contributed by atoms with E-state index in [1.165, 1.54) is 12.4 Å². The second kappa shape index (κ2) is 4.70. The van der Waals surface area contributed by atoms with Gasteiger partial charge in [0.1, 0.15) is 5.82 Å². The summed E-state index contributed by atoms with van der Waals surface area (Å²) in [5, 5.41) is 9.79. The lowest BCUT2D eigenvalue weighted by Gasteiger charge is -2.35. The predicted octanol–water partition coefficient (Wildman–Crippen LogP) is 1.62. The molecule has 0 saturated carbocycles. The van der Waals surface area contributed by atoms with Crippen LogP contribution in [0.2, 0.25) is 0 Å². The average molecular weight is 245 g/mol. The molecule has 1 aliphatic heterocycles. The van der Waals surface area contributed by atoms with E-state index in [0.717, 1.165) is 4.57 Å². The molecule has 0 atom stereocenters. The van der Waals surface area contributed by atoms with Crippen LogP contribution in [0, 0.1) is 0 Å². The molecule has 0 unspecified atom stereocenters. The fraction of sp³-hybridized carbons (Fsp3) is 0.727. The number of hydrogen-bond donors (Lipinski definition) is 1. The number of imidazole rings is 1. The molecule has 1 fully saturated rings. The van der Waals surface area contributed by atoms with Crippen molar-refractivity contribution in [2.45, 2.75) is 38.5 Å². The number of rotatable bonds is 3. The average Bonchev–Trinajstić information content (AvgIpc) is 2.69. The maximum atomic E-state index is 12.6. The Kier molecular flexibility index (Phi) is 3.44. The molecule has 0 bridgehead atoms. The minimum Gasteiger partial charge on any atom is -0.390 e. The summed E-state index contributed by atoms with van der Waals surface area (Å²) in [6.45, 7) is 1.10. The van der Waals surface area contributed by atoms with Gasteiger partial charge in [0.25, 0.3) is 0 Å². The SMILES string of the molecule is CC1(O)CCN(Cc2nccn2C(F)F)CC1. The third-order valence-corrected chi connectivity index (χ3v) is 3.26. The summed E-state index contributed by atoms with van der Waals surface area (Å²) >= 11 is 0. The van der Waals surface area contributed by atoms with Gasteiger partial charge in [-0.1, -0.05) is 0 Å². The smallest absolute Gasteiger partial charge is 0.319 e. The van der Waals surface area contributed by atoms with E-state index < -0.39 is 12.2 Å². The second-order valence-electron chi connectivity index (χ2n) is 4.80. The van der Waals surface area contributed by atoms with Crippen LogP contribution in [-0.2, 0) is 6.54 Å². The van der Waals surface area contributed by atoms with Gasteiger partial charge >= 0.3 is 6.55 Å². The van der Waals surface area contributed by atoms with E-state index in [0.29, 0.717) is 38.3 Å². The highest BCUT2D eigenvalue weighted by atomic mass is 19.3. The van der Waals surface area contributed by atoms with Crippen molar-refractivity contribution in [3.8, 4) is 0 Å². The first-order chi connectivity index (χ1) is 7.98. The number of nitrogens with zero attached hydrogens (tertiary/aromatic N) is 3. The van der Waals surface area contributed by atoms with Gasteiger partial charge in [-0.05, 0) is 19.8 Å². The second-order valence-corrected chi connectivity index (χ2v) is 4.80. The van der Waals surface area contributed by atoms with Crippen LogP contribution in [0.5, 0.6) is 0 Å². The lowest BCUT2D eigenvalue weighted by molar-refractivity contribution is -0.00962. The largest absolute Gasteiger partial charge is 0.390 e. The summed E-state index contributed by atoms with van der Waals surface area (Å²) in [6, 6.07) is 0. The van der Waals surface area contributed by atoms with E-state index in [2.05, 4.69) is 4.98 Å². The molecule has 1 saturated heterocycles. The topological polar surface area (TPSA) is 41.3 Å². The molecule has 1 aromatic rings. The quantitative estimate of drug-likeness (QED) is 0.880. The standard InChI is InChI=1S/C11H17F2N3O/c1-11(17)2-5-15(6-3-11)8-9-14-4-7-16(9)10(12)13/h4,7,10,17H,2-3,5-6,8H2,1H3. The minimum atomic E-state index is -2.54. The van der Waals surface area contributed by atoms with Gasteiger partial charge in [0.2, 0.25) is 0 Å². The highest BCUT2D eigenvalue weighted by molar-refractivity contribution is 4.94. The number of alkyl halides is 2. The highest BCUT2D eigenvalue weighted by Crippen LogP contribution is 2.22. The third kappa shape index (κ3) is 3.01. The Bertz CT molecular complexity index is 369. The Morgan fingerprint density at radius 1 is 1.47 bits per heavy atom. The molecule has 0 aliphatic carbocycles. The molecule has 0 radical (unpaired) electrons. The Morgan fingerprint density at radius 3 is 2.71 bits per heavy atom. The van der Waals surface area contributed by atoms with Crippen molar-refractivity contribution >= 4 is 0 Å². The maximum absolute atomic E-state index is 12.6. The third-order valence-electron chi connectivity index (χ3n) is 3.26. The Balaban J connectivity index is 1.96. The molecule has 1 aliphatic rings. The molecule has 2 rings (SSSR count). The predicted molar refractivity (Wildman–Crippen MR) is 58.6 cm³/mol. The summed E-state index contributed by atoms with van der Waals surface area (Å²) in [7, 11) is 0. The van der Waals surface area contributed by atoms with Crippen LogP contribution >= 0.6 is 0 Å². The Labute approximate surface area is 98.9 Å². The maximum Gasteiger partial charge on any atom is 0.319 e. The zero-order chi connectivity index (χ0) is 12.5. The first-order valence-electron chi connectivity index (χ1n) is 5.72. The van der Waals surface area contributed by atoms with Gasteiger partial charge in [-0.25, -0.2) is 4.98 Å². The molecule has 0 aromatic carbocycles. The molecule has 6 heteroatoms. The van der Waals surface area contributed by atoms with Crippen LogP contribution in [0.15, 0.2) is 12.4 Å². The van der Waals surface area contributed by atoms with Crippen LogP contribution in [0.25, 0.3) is 0 Å². The monoisotopic (exact) mass is 245 g/mol. The lowest BCUT2D eigenvalue weighted by atomic mass is 9.94. The van der Waals surface area contributed by atoms with Gasteiger partial charge in [-0.3, -0.25) is 9.47 Å². The molecule has 0 spiro atoms. The van der Waals surface area contributed by atoms with Crippen LogP contribution in [0.1, 0.15) is 32.1 Å². The molecule has 1 N–H and O–H groups in total. The van der Waals surface area contributed by atoms with Crippen LogP contribution in [0.4, 0.5) is 8.78 Å². The molecule has 1 aromatic heterocycles. The summed E-state index contributed by atoms with van der Waals surface area (Å²) in [6.07, 6.45) is 4.02. The van der Waals surface area contributed by atoms with Crippen molar-refractivity contribution in [1.29, 1.82) is 0 Å². The summed E-state index contributed by atoms with van der Waals surface area (Å²) in [4.78, 5) is 5.99. The van der Waals surface area contributed by atoms with E-state index in [1.54, 1.807) is 0 Å². The molecular formula is C11H17F2N3O. The van der Waals surface area contributed by atoms with Crippen molar-refractivity contribution in [3.05, 3.63) is 18.2 Å². The van der Waals surface area contributed by atoms with Crippen molar-refractivity contribution in [2.24, 2.45) is 0 Å². The van der Waals surface area contributed by atoms with Gasteiger partial charge in [0.15, 0.2) is 0 Å². The highest BCUT2D eigenvalue weighted by Gasteiger charge is 2.28. The Hall–Kier alpha value is -1.01. The van der Waals surface area contributed by atoms with E-state index in [9.17, 15) is 13.9 Å². The molecule has 2 heterocycles. The molecule has 4 nitrogen and oxygen atoms in total. The van der Waals surface area contributed by atoms with Crippen LogP contribution < -0.4 is 0 Å². The molecule has 96 valence electrons. The fourth-order valence-corrected chi connectivity index (χ4v) is 2.04. The number of piperidine rings is 1. The zero-order valence-electron chi connectivity index (χ0n) is 9.81. The van der Waals surface area contributed by atoms with Gasteiger partial charge in [0, 0.05) is 25.5 Å². The van der Waals surface area contributed by atoms with Crippen LogP contribution in [0.3, 0.4) is 0 Å². The minimum absolute atomic E-state index is 0.376. The van der Waals surface area contributed by atoms with Crippen LogP contribution in [-0.4, -0.2) is 38.2 Å². The summed E-state index contributed by atoms with van der Waals surface area (Å²) < 4.78 is 26.1. The molecule has 17 heavy (non-hydrogen) atoms. The first kappa shape index (κ1) is 12.4. The van der Waals surface area contributed by atoms with Crippen molar-refractivity contribution in [3.63, 3.8) is 0 Å². The van der Waals surface area contributed by atoms with Gasteiger partial charge in [-0.15, -0.1) is 0 Å².